The highest BCUT2D eigenvalue weighted by atomic mass is 16.4. The molecule has 0 aliphatic heterocycles. The smallest absolute Gasteiger partial charge is 0.306 e. The molecule has 3 nitrogen and oxygen atoms in total. The molecule has 0 saturated heterocycles. The van der Waals surface area contributed by atoms with Crippen LogP contribution >= 0.6 is 0 Å². The Kier molecular flexibility index (Phi) is 2.59. The minimum absolute atomic E-state index is 0.167. The largest absolute Gasteiger partial charge is 0.481 e. The van der Waals surface area contributed by atoms with Crippen LogP contribution in [-0.4, -0.2) is 21.8 Å². The molecular formula is C12H18O3. The van der Waals surface area contributed by atoms with Crippen molar-refractivity contribution in [3.63, 3.8) is 0 Å². The molecular weight excluding hydrogens is 192 g/mol. The van der Waals surface area contributed by atoms with Crippen LogP contribution in [0.25, 0.3) is 0 Å². The number of carboxylic acid groups (broad SMARTS) is 1. The molecule has 2 N–H and O–H groups in total. The molecule has 2 rings (SSSR count). The van der Waals surface area contributed by atoms with Gasteiger partial charge in [-0.2, -0.15) is 0 Å². The lowest BCUT2D eigenvalue weighted by Crippen LogP contribution is -2.35. The van der Waals surface area contributed by atoms with Gasteiger partial charge < -0.3 is 10.2 Å². The Balaban J connectivity index is 2.07. The molecule has 15 heavy (non-hydrogen) atoms. The normalized spacial score (nSPS) is 33.4. The molecule has 3 heteroatoms. The first kappa shape index (κ1) is 10.7. The SMILES string of the molecule is O=C(O)CC1(O)C=CC2(CCCC2)CC1. The van der Waals surface area contributed by atoms with Crippen LogP contribution in [0.2, 0.25) is 0 Å². The second-order valence-corrected chi connectivity index (χ2v) is 5.08. The molecule has 1 spiro atoms. The highest BCUT2D eigenvalue weighted by Crippen LogP contribution is 2.47. The maximum atomic E-state index is 10.6. The summed E-state index contributed by atoms with van der Waals surface area (Å²) >= 11 is 0. The van der Waals surface area contributed by atoms with Crippen molar-refractivity contribution in [2.24, 2.45) is 5.41 Å². The predicted octanol–water partition coefficient (Wildman–Crippen LogP) is 2.10. The first-order valence-corrected chi connectivity index (χ1v) is 5.68. The number of carbonyl (C=O) groups is 1. The number of allylic oxidation sites excluding steroid dienone is 1. The minimum atomic E-state index is -1.10. The first-order valence-electron chi connectivity index (χ1n) is 5.68. The van der Waals surface area contributed by atoms with Gasteiger partial charge in [0, 0.05) is 0 Å². The third-order valence-corrected chi connectivity index (χ3v) is 3.86. The van der Waals surface area contributed by atoms with Crippen LogP contribution in [0.5, 0.6) is 0 Å². The first-order chi connectivity index (χ1) is 7.04. The fourth-order valence-electron chi connectivity index (χ4n) is 2.87. The Bertz CT molecular complexity index is 289. The standard InChI is InChI=1S/C12H18O3/c13-10(14)9-12(15)7-5-11(6-8-12)3-1-2-4-11/h5,7,15H,1-4,6,8-9H2,(H,13,14). The van der Waals surface area contributed by atoms with Gasteiger partial charge in [-0.25, -0.2) is 0 Å². The number of aliphatic hydroxyl groups is 1. The number of aliphatic carboxylic acids is 1. The van der Waals surface area contributed by atoms with E-state index in [9.17, 15) is 9.90 Å². The highest BCUT2D eigenvalue weighted by molar-refractivity contribution is 5.68. The van der Waals surface area contributed by atoms with Crippen molar-refractivity contribution in [1.29, 1.82) is 0 Å². The molecule has 1 atom stereocenters. The summed E-state index contributed by atoms with van der Waals surface area (Å²) in [7, 11) is 0. The summed E-state index contributed by atoms with van der Waals surface area (Å²) in [5, 5.41) is 18.7. The van der Waals surface area contributed by atoms with Gasteiger partial charge in [-0.1, -0.05) is 25.0 Å². The molecule has 0 amide bonds. The summed E-state index contributed by atoms with van der Waals surface area (Å²) in [4.78, 5) is 10.6. The fourth-order valence-corrected chi connectivity index (χ4v) is 2.87. The average molecular weight is 210 g/mol. The molecule has 0 heterocycles. The summed E-state index contributed by atoms with van der Waals surface area (Å²) < 4.78 is 0. The highest BCUT2D eigenvalue weighted by Gasteiger charge is 2.39. The summed E-state index contributed by atoms with van der Waals surface area (Å²) in [5.41, 5.74) is -0.815. The molecule has 1 unspecified atom stereocenters. The van der Waals surface area contributed by atoms with Crippen LogP contribution in [0, 0.1) is 5.41 Å². The average Bonchev–Trinajstić information content (AvgIpc) is 2.59. The maximum absolute atomic E-state index is 10.6. The van der Waals surface area contributed by atoms with Crippen LogP contribution < -0.4 is 0 Å². The Morgan fingerprint density at radius 2 is 1.80 bits per heavy atom. The molecule has 0 aromatic heterocycles. The van der Waals surface area contributed by atoms with E-state index in [4.69, 9.17) is 5.11 Å². The summed E-state index contributed by atoms with van der Waals surface area (Å²) in [6, 6.07) is 0. The number of hydrogen-bond acceptors (Lipinski definition) is 2. The molecule has 2 aliphatic carbocycles. The van der Waals surface area contributed by atoms with Crippen LogP contribution in [0.3, 0.4) is 0 Å². The van der Waals surface area contributed by atoms with Crippen LogP contribution in [0.15, 0.2) is 12.2 Å². The van der Waals surface area contributed by atoms with Crippen molar-refractivity contribution in [3.8, 4) is 0 Å². The van der Waals surface area contributed by atoms with Gasteiger partial charge >= 0.3 is 5.97 Å². The predicted molar refractivity (Wildman–Crippen MR) is 56.5 cm³/mol. The van der Waals surface area contributed by atoms with Gasteiger partial charge in [0.1, 0.15) is 0 Å². The van der Waals surface area contributed by atoms with Crippen molar-refractivity contribution in [3.05, 3.63) is 12.2 Å². The number of carboxylic acids is 1. The summed E-state index contributed by atoms with van der Waals surface area (Å²) in [6.07, 6.45) is 10.1. The van der Waals surface area contributed by atoms with E-state index in [2.05, 4.69) is 6.08 Å². The molecule has 1 saturated carbocycles. The molecule has 0 radical (unpaired) electrons. The number of rotatable bonds is 2. The molecule has 0 bridgehead atoms. The van der Waals surface area contributed by atoms with E-state index in [-0.39, 0.29) is 11.8 Å². The zero-order valence-electron chi connectivity index (χ0n) is 8.91. The Labute approximate surface area is 89.8 Å². The summed E-state index contributed by atoms with van der Waals surface area (Å²) in [6.45, 7) is 0. The van der Waals surface area contributed by atoms with Gasteiger partial charge in [0.2, 0.25) is 0 Å². The monoisotopic (exact) mass is 210 g/mol. The molecule has 2 aliphatic rings. The van der Waals surface area contributed by atoms with E-state index in [1.807, 2.05) is 0 Å². The van der Waals surface area contributed by atoms with Crippen molar-refractivity contribution in [1.82, 2.24) is 0 Å². The van der Waals surface area contributed by atoms with E-state index < -0.39 is 11.6 Å². The Morgan fingerprint density at radius 1 is 1.13 bits per heavy atom. The quantitative estimate of drug-likeness (QED) is 0.686. The lowest BCUT2D eigenvalue weighted by Gasteiger charge is -2.36. The van der Waals surface area contributed by atoms with Gasteiger partial charge in [-0.05, 0) is 31.1 Å². The van der Waals surface area contributed by atoms with Crippen LogP contribution in [0.4, 0.5) is 0 Å². The van der Waals surface area contributed by atoms with Gasteiger partial charge in [0.05, 0.1) is 12.0 Å². The van der Waals surface area contributed by atoms with Gasteiger partial charge in [-0.15, -0.1) is 0 Å². The van der Waals surface area contributed by atoms with Crippen LogP contribution in [-0.2, 0) is 4.79 Å². The zero-order chi connectivity index (χ0) is 10.9. The van der Waals surface area contributed by atoms with E-state index in [1.54, 1.807) is 6.08 Å². The number of hydrogen-bond donors (Lipinski definition) is 2. The van der Waals surface area contributed by atoms with Crippen molar-refractivity contribution in [2.75, 3.05) is 0 Å². The second-order valence-electron chi connectivity index (χ2n) is 5.08. The van der Waals surface area contributed by atoms with Crippen LogP contribution in [0.1, 0.15) is 44.9 Å². The lowest BCUT2D eigenvalue weighted by atomic mass is 9.72. The van der Waals surface area contributed by atoms with Crippen molar-refractivity contribution >= 4 is 5.97 Å². The third-order valence-electron chi connectivity index (χ3n) is 3.86. The maximum Gasteiger partial charge on any atom is 0.306 e. The molecule has 1 fully saturated rings. The zero-order valence-corrected chi connectivity index (χ0v) is 8.91. The molecule has 84 valence electrons. The second kappa shape index (κ2) is 3.63. The van der Waals surface area contributed by atoms with Crippen molar-refractivity contribution < 1.29 is 15.0 Å². The molecule has 0 aromatic carbocycles. The summed E-state index contributed by atoms with van der Waals surface area (Å²) in [5.74, 6) is -0.926. The Hall–Kier alpha value is -0.830. The Morgan fingerprint density at radius 3 is 2.27 bits per heavy atom. The van der Waals surface area contributed by atoms with E-state index >= 15 is 0 Å². The van der Waals surface area contributed by atoms with E-state index in [1.165, 1.54) is 25.7 Å². The van der Waals surface area contributed by atoms with Gasteiger partial charge in [0.25, 0.3) is 0 Å². The lowest BCUT2D eigenvalue weighted by molar-refractivity contribution is -0.141. The molecule has 0 aromatic rings. The van der Waals surface area contributed by atoms with Gasteiger partial charge in [0.15, 0.2) is 0 Å². The third kappa shape index (κ3) is 2.23. The van der Waals surface area contributed by atoms with E-state index in [0.717, 1.165) is 6.42 Å². The van der Waals surface area contributed by atoms with E-state index in [0.29, 0.717) is 6.42 Å². The van der Waals surface area contributed by atoms with Gasteiger partial charge in [-0.3, -0.25) is 4.79 Å². The fraction of sp³-hybridized carbons (Fsp3) is 0.750. The minimum Gasteiger partial charge on any atom is -0.481 e. The topological polar surface area (TPSA) is 57.5 Å². The van der Waals surface area contributed by atoms with Crippen molar-refractivity contribution in [2.45, 2.75) is 50.5 Å².